The van der Waals surface area contributed by atoms with Crippen molar-refractivity contribution in [2.75, 3.05) is 0 Å². The van der Waals surface area contributed by atoms with E-state index in [1.54, 1.807) is 0 Å². The van der Waals surface area contributed by atoms with Crippen LogP contribution in [0.1, 0.15) is 32.6 Å². The van der Waals surface area contributed by atoms with E-state index in [2.05, 4.69) is 0 Å². The molecular weight excluding hydrogens is 224 g/mol. The van der Waals surface area contributed by atoms with Crippen molar-refractivity contribution >= 4 is 49.7 Å². The number of aliphatic carboxylic acids is 2. The topological polar surface area (TPSA) is 74.6 Å². The van der Waals surface area contributed by atoms with Crippen molar-refractivity contribution in [2.24, 2.45) is 17.8 Å². The van der Waals surface area contributed by atoms with Gasteiger partial charge in [-0.05, 0) is 25.2 Å². The molecule has 0 aliphatic heterocycles. The van der Waals surface area contributed by atoms with Gasteiger partial charge in [-0.2, -0.15) is 0 Å². The Labute approximate surface area is 119 Å². The molecule has 1 fully saturated rings. The van der Waals surface area contributed by atoms with E-state index in [0.29, 0.717) is 18.8 Å². The Kier molecular flexibility index (Phi) is 6.80. The molecule has 3 unspecified atom stereocenters. The molecule has 0 bridgehead atoms. The fourth-order valence-corrected chi connectivity index (χ4v) is 2.20. The Morgan fingerprint density at radius 3 is 2.07 bits per heavy atom. The van der Waals surface area contributed by atoms with Crippen molar-refractivity contribution in [3.63, 3.8) is 0 Å². The van der Waals surface area contributed by atoms with Crippen molar-refractivity contribution in [3.8, 4) is 0 Å². The molecule has 5 heteroatoms. The van der Waals surface area contributed by atoms with Gasteiger partial charge in [-0.1, -0.05) is 13.3 Å². The van der Waals surface area contributed by atoms with Crippen LogP contribution in [-0.4, -0.2) is 59.9 Å². The zero-order valence-corrected chi connectivity index (χ0v) is 8.27. The Morgan fingerprint density at radius 1 is 1.13 bits per heavy atom. The van der Waals surface area contributed by atoms with E-state index in [0.717, 1.165) is 12.8 Å². The van der Waals surface area contributed by atoms with E-state index < -0.39 is 23.8 Å². The van der Waals surface area contributed by atoms with Crippen molar-refractivity contribution in [3.05, 3.63) is 0 Å². The average Bonchev–Trinajstić information content (AvgIpc) is 2.16. The number of carbonyl (C=O) groups is 2. The van der Waals surface area contributed by atoms with Crippen LogP contribution in [0.4, 0.5) is 0 Å². The van der Waals surface area contributed by atoms with Crippen molar-refractivity contribution in [1.82, 2.24) is 0 Å². The summed E-state index contributed by atoms with van der Waals surface area (Å²) in [5.74, 6) is -2.92. The zero-order chi connectivity index (χ0) is 10.7. The predicted octanol–water partition coefficient (Wildman–Crippen LogP) is 0.682. The van der Waals surface area contributed by atoms with Gasteiger partial charge in [0.2, 0.25) is 0 Å². The van der Waals surface area contributed by atoms with Gasteiger partial charge >= 0.3 is 49.7 Å². The second kappa shape index (κ2) is 6.71. The van der Waals surface area contributed by atoms with Gasteiger partial charge in [0.15, 0.2) is 0 Å². The molecule has 1 rings (SSSR count). The van der Waals surface area contributed by atoms with Crippen LogP contribution in [0.15, 0.2) is 0 Å². The van der Waals surface area contributed by atoms with E-state index in [1.165, 1.54) is 0 Å². The molecule has 3 atom stereocenters. The molecule has 84 valence electrons. The van der Waals surface area contributed by atoms with Gasteiger partial charge in [0.25, 0.3) is 0 Å². The molecule has 4 nitrogen and oxygen atoms in total. The molecule has 0 aromatic heterocycles. The van der Waals surface area contributed by atoms with E-state index in [1.807, 2.05) is 6.92 Å². The van der Waals surface area contributed by atoms with Gasteiger partial charge in [-0.15, -0.1) is 0 Å². The first-order valence-electron chi connectivity index (χ1n) is 5.01. The SMILES string of the molecule is CCC1CCC(C(=O)O)C(C(=O)O)C1.[CaH2]. The van der Waals surface area contributed by atoms with Crippen LogP contribution in [0.5, 0.6) is 0 Å². The zero-order valence-electron chi connectivity index (χ0n) is 8.27. The summed E-state index contributed by atoms with van der Waals surface area (Å²) < 4.78 is 0. The molecule has 0 heterocycles. The van der Waals surface area contributed by atoms with Crippen molar-refractivity contribution in [2.45, 2.75) is 32.6 Å². The first-order chi connectivity index (χ1) is 6.56. The maximum absolute atomic E-state index is 10.9. The molecule has 0 aromatic rings. The van der Waals surface area contributed by atoms with Crippen LogP contribution >= 0.6 is 0 Å². The van der Waals surface area contributed by atoms with Gasteiger partial charge in [-0.3, -0.25) is 9.59 Å². The maximum atomic E-state index is 10.9. The summed E-state index contributed by atoms with van der Waals surface area (Å²) in [6.07, 6.45) is 2.81. The molecule has 0 spiro atoms. The van der Waals surface area contributed by atoms with E-state index >= 15 is 0 Å². The van der Waals surface area contributed by atoms with Crippen LogP contribution in [0.2, 0.25) is 0 Å². The summed E-state index contributed by atoms with van der Waals surface area (Å²) in [6.45, 7) is 2.02. The normalized spacial score (nSPS) is 30.3. The molecule has 0 radical (unpaired) electrons. The summed E-state index contributed by atoms with van der Waals surface area (Å²) in [7, 11) is 0. The third kappa shape index (κ3) is 3.93. The molecule has 1 aliphatic rings. The molecule has 0 amide bonds. The van der Waals surface area contributed by atoms with E-state index in [-0.39, 0.29) is 37.7 Å². The number of carboxylic acid groups (broad SMARTS) is 2. The number of hydrogen-bond acceptors (Lipinski definition) is 2. The summed E-state index contributed by atoms with van der Waals surface area (Å²) in [5.41, 5.74) is 0. The molecule has 0 aromatic carbocycles. The molecule has 1 aliphatic carbocycles. The van der Waals surface area contributed by atoms with Crippen LogP contribution in [0.25, 0.3) is 0 Å². The first kappa shape index (κ1) is 15.2. The van der Waals surface area contributed by atoms with Gasteiger partial charge in [-0.25, -0.2) is 0 Å². The summed E-state index contributed by atoms with van der Waals surface area (Å²) in [5, 5.41) is 17.8. The second-order valence-corrected chi connectivity index (χ2v) is 3.98. The molecular formula is C10H18CaO4. The Morgan fingerprint density at radius 2 is 1.67 bits per heavy atom. The first-order valence-corrected chi connectivity index (χ1v) is 5.01. The monoisotopic (exact) mass is 242 g/mol. The number of rotatable bonds is 3. The fourth-order valence-electron chi connectivity index (χ4n) is 2.20. The Hall–Kier alpha value is 0.200. The van der Waals surface area contributed by atoms with Gasteiger partial charge in [0.05, 0.1) is 11.8 Å². The van der Waals surface area contributed by atoms with E-state index in [4.69, 9.17) is 10.2 Å². The van der Waals surface area contributed by atoms with Gasteiger partial charge in [0, 0.05) is 0 Å². The van der Waals surface area contributed by atoms with Gasteiger partial charge < -0.3 is 10.2 Å². The van der Waals surface area contributed by atoms with Crippen LogP contribution in [-0.2, 0) is 9.59 Å². The number of hydrogen-bond donors (Lipinski definition) is 2. The van der Waals surface area contributed by atoms with Crippen LogP contribution in [0.3, 0.4) is 0 Å². The van der Waals surface area contributed by atoms with Crippen LogP contribution < -0.4 is 0 Å². The quantitative estimate of drug-likeness (QED) is 0.714. The minimum absolute atomic E-state index is 0. The Bertz CT molecular complexity index is 242. The Balaban J connectivity index is 0.00000196. The molecule has 15 heavy (non-hydrogen) atoms. The molecule has 2 N–H and O–H groups in total. The third-order valence-corrected chi connectivity index (χ3v) is 3.17. The minimum atomic E-state index is -0.966. The fraction of sp³-hybridized carbons (Fsp3) is 0.800. The van der Waals surface area contributed by atoms with Crippen molar-refractivity contribution < 1.29 is 19.8 Å². The number of carboxylic acids is 2. The standard InChI is InChI=1S/C10H16O4.Ca.2H/c1-2-6-3-4-7(9(11)12)8(5-6)10(13)14;;;/h6-8H,2-5H2,1H3,(H,11,12)(H,13,14);;;. The second-order valence-electron chi connectivity index (χ2n) is 3.98. The van der Waals surface area contributed by atoms with Crippen LogP contribution in [0, 0.1) is 17.8 Å². The molecule has 0 saturated heterocycles. The average molecular weight is 242 g/mol. The summed E-state index contributed by atoms with van der Waals surface area (Å²) >= 11 is 0. The van der Waals surface area contributed by atoms with E-state index in [9.17, 15) is 9.59 Å². The van der Waals surface area contributed by atoms with Crippen molar-refractivity contribution in [1.29, 1.82) is 0 Å². The van der Waals surface area contributed by atoms with Gasteiger partial charge in [0.1, 0.15) is 0 Å². The predicted molar refractivity (Wildman–Crippen MR) is 58.4 cm³/mol. The third-order valence-electron chi connectivity index (χ3n) is 3.17. The summed E-state index contributed by atoms with van der Waals surface area (Å²) in [6, 6.07) is 0. The summed E-state index contributed by atoms with van der Waals surface area (Å²) in [4.78, 5) is 21.7. The molecule has 1 saturated carbocycles.